The minimum atomic E-state index is -0.920. The summed E-state index contributed by atoms with van der Waals surface area (Å²) in [6.07, 6.45) is 2.09. The lowest BCUT2D eigenvalue weighted by atomic mass is 10.0. The molecule has 0 fully saturated rings. The third-order valence-electron chi connectivity index (χ3n) is 10.3. The van der Waals surface area contributed by atoms with Gasteiger partial charge in [-0.3, -0.25) is 38.4 Å². The van der Waals surface area contributed by atoms with Crippen LogP contribution >= 0.6 is 0 Å². The SMILES string of the molecule is CC(=O)N[C@@H](C)C(=O)N[C@H](CCC(=O)N[C@@H](C)C(=O)N[C@H](CCC(=O)N[C@@H](C)C(=O)N[C@H](CCC(=O)N[C@@H](C)C(N)=O)Cc1ccccc1)Cc1ccccc1)Cc1ccccc1. The van der Waals surface area contributed by atoms with Crippen molar-refractivity contribution < 1.29 is 38.4 Å². The fourth-order valence-corrected chi connectivity index (χ4v) is 6.78. The van der Waals surface area contributed by atoms with E-state index in [0.29, 0.717) is 19.3 Å². The van der Waals surface area contributed by atoms with Gasteiger partial charge < -0.3 is 43.0 Å². The van der Waals surface area contributed by atoms with Gasteiger partial charge in [-0.15, -0.1) is 0 Å². The maximum absolute atomic E-state index is 13.5. The molecule has 0 aliphatic rings. The molecule has 3 rings (SSSR count). The second-order valence-corrected chi connectivity index (χ2v) is 16.0. The second-order valence-electron chi connectivity index (χ2n) is 16.0. The van der Waals surface area contributed by atoms with Gasteiger partial charge in [0.25, 0.3) is 0 Å². The largest absolute Gasteiger partial charge is 0.368 e. The lowest BCUT2D eigenvalue weighted by Crippen LogP contribution is -2.50. The highest BCUT2D eigenvalue weighted by Crippen LogP contribution is 2.12. The summed E-state index contributed by atoms with van der Waals surface area (Å²) < 4.78 is 0. The third kappa shape index (κ3) is 20.2. The number of nitrogens with two attached hydrogens (primary N) is 1. The van der Waals surface area contributed by atoms with Gasteiger partial charge >= 0.3 is 0 Å². The van der Waals surface area contributed by atoms with E-state index in [4.69, 9.17) is 5.73 Å². The van der Waals surface area contributed by atoms with E-state index in [1.54, 1.807) is 20.8 Å². The van der Waals surface area contributed by atoms with Crippen LogP contribution in [-0.2, 0) is 57.6 Å². The molecule has 0 heterocycles. The third-order valence-corrected chi connectivity index (χ3v) is 10.3. The average Bonchev–Trinajstić information content (AvgIpc) is 3.24. The molecule has 340 valence electrons. The highest BCUT2D eigenvalue weighted by Gasteiger charge is 2.25. The maximum Gasteiger partial charge on any atom is 0.242 e. The monoisotopic (exact) mass is 868 g/mol. The standard InChI is InChI=1S/C47H64N8O8/c1-30(44(48)60)50-41(57)24-21-39(28-36-17-11-7-12-18-36)54-46(62)32(3)52-43(59)26-23-40(29-37-19-13-8-14-20-37)55-47(63)33(4)51-42(58)25-22-38(27-35-15-9-6-10-16-35)53-45(61)31(2)49-34(5)56/h6-20,30-33,38-40H,21-29H2,1-5H3,(H2,48,60)(H,49,56)(H,50,57)(H,51,58)(H,52,59)(H,53,61)(H,54,62)(H,55,63)/t30-,31-,32-,33-,38+,39+,40+/m0/s1. The lowest BCUT2D eigenvalue weighted by molar-refractivity contribution is -0.130. The molecule has 0 saturated carbocycles. The minimum Gasteiger partial charge on any atom is -0.368 e. The Morgan fingerprint density at radius 1 is 0.413 bits per heavy atom. The van der Waals surface area contributed by atoms with Gasteiger partial charge in [0.1, 0.15) is 24.2 Å². The number of hydrogen-bond donors (Lipinski definition) is 8. The summed E-state index contributed by atoms with van der Waals surface area (Å²) in [5.41, 5.74) is 8.09. The molecule has 63 heavy (non-hydrogen) atoms. The van der Waals surface area contributed by atoms with Gasteiger partial charge in [0.15, 0.2) is 0 Å². The van der Waals surface area contributed by atoms with E-state index in [9.17, 15) is 38.4 Å². The van der Waals surface area contributed by atoms with Crippen LogP contribution in [-0.4, -0.2) is 89.6 Å². The van der Waals surface area contributed by atoms with Crippen molar-refractivity contribution in [2.24, 2.45) is 5.73 Å². The van der Waals surface area contributed by atoms with Gasteiger partial charge in [0, 0.05) is 44.3 Å². The quantitative estimate of drug-likeness (QED) is 0.0592. The highest BCUT2D eigenvalue weighted by atomic mass is 16.2. The van der Waals surface area contributed by atoms with E-state index in [-0.39, 0.29) is 56.2 Å². The summed E-state index contributed by atoms with van der Waals surface area (Å²) in [6.45, 7) is 7.52. The number of nitrogens with one attached hydrogen (secondary N) is 7. The number of rotatable bonds is 26. The van der Waals surface area contributed by atoms with E-state index in [0.717, 1.165) is 16.7 Å². The van der Waals surface area contributed by atoms with Crippen LogP contribution in [0.1, 0.15) is 89.8 Å². The van der Waals surface area contributed by atoms with Crippen molar-refractivity contribution >= 4 is 47.3 Å². The molecule has 3 aromatic rings. The summed E-state index contributed by atoms with van der Waals surface area (Å²) >= 11 is 0. The Kier molecular flexibility index (Phi) is 21.5. The van der Waals surface area contributed by atoms with Crippen LogP contribution in [0, 0.1) is 0 Å². The maximum atomic E-state index is 13.5. The zero-order chi connectivity index (χ0) is 46.3. The van der Waals surface area contributed by atoms with Gasteiger partial charge in [-0.25, -0.2) is 0 Å². The van der Waals surface area contributed by atoms with Crippen molar-refractivity contribution in [3.63, 3.8) is 0 Å². The average molecular weight is 869 g/mol. The molecule has 0 spiro atoms. The van der Waals surface area contributed by atoms with E-state index < -0.39 is 71.8 Å². The van der Waals surface area contributed by atoms with Gasteiger partial charge in [0.2, 0.25) is 47.3 Å². The van der Waals surface area contributed by atoms with E-state index >= 15 is 0 Å². The number of benzene rings is 3. The summed E-state index contributed by atoms with van der Waals surface area (Å²) in [7, 11) is 0. The van der Waals surface area contributed by atoms with Crippen LogP contribution < -0.4 is 43.0 Å². The molecule has 0 aliphatic carbocycles. The molecule has 0 aliphatic heterocycles. The van der Waals surface area contributed by atoms with Gasteiger partial charge in [0.05, 0.1) is 0 Å². The predicted octanol–water partition coefficient (Wildman–Crippen LogP) is 2.03. The Bertz CT molecular complexity index is 1970. The Hall–Kier alpha value is -6.58. The summed E-state index contributed by atoms with van der Waals surface area (Å²) in [4.78, 5) is 101. The van der Waals surface area contributed by atoms with E-state index in [2.05, 4.69) is 37.2 Å². The fourth-order valence-electron chi connectivity index (χ4n) is 6.78. The zero-order valence-electron chi connectivity index (χ0n) is 36.9. The zero-order valence-corrected chi connectivity index (χ0v) is 36.9. The van der Waals surface area contributed by atoms with Crippen molar-refractivity contribution in [3.05, 3.63) is 108 Å². The molecular formula is C47H64N8O8. The van der Waals surface area contributed by atoms with Crippen LogP contribution in [0.5, 0.6) is 0 Å². The molecule has 0 unspecified atom stereocenters. The molecule has 3 aromatic carbocycles. The van der Waals surface area contributed by atoms with Crippen LogP contribution in [0.15, 0.2) is 91.0 Å². The molecular weight excluding hydrogens is 805 g/mol. The van der Waals surface area contributed by atoms with Crippen molar-refractivity contribution in [2.75, 3.05) is 0 Å². The number of amides is 8. The first-order chi connectivity index (χ1) is 30.0. The molecule has 9 N–H and O–H groups in total. The Morgan fingerprint density at radius 3 is 0.952 bits per heavy atom. The van der Waals surface area contributed by atoms with E-state index in [1.165, 1.54) is 13.8 Å². The summed E-state index contributed by atoms with van der Waals surface area (Å²) in [5.74, 6) is -3.45. The first kappa shape index (κ1) is 50.8. The minimum absolute atomic E-state index is 0.0157. The molecule has 0 bridgehead atoms. The van der Waals surface area contributed by atoms with Crippen molar-refractivity contribution in [1.29, 1.82) is 0 Å². The Morgan fingerprint density at radius 2 is 0.683 bits per heavy atom. The molecule has 0 saturated heterocycles. The van der Waals surface area contributed by atoms with Crippen molar-refractivity contribution in [2.45, 2.75) is 135 Å². The number of carbonyl (C=O) groups excluding carboxylic acids is 8. The van der Waals surface area contributed by atoms with Crippen molar-refractivity contribution in [3.8, 4) is 0 Å². The lowest BCUT2D eigenvalue weighted by Gasteiger charge is -2.24. The first-order valence-corrected chi connectivity index (χ1v) is 21.5. The normalized spacial score (nSPS) is 14.2. The number of carbonyl (C=O) groups is 8. The molecule has 16 nitrogen and oxygen atoms in total. The van der Waals surface area contributed by atoms with Crippen LogP contribution in [0.25, 0.3) is 0 Å². The Labute approximate surface area is 370 Å². The molecule has 16 heteroatoms. The van der Waals surface area contributed by atoms with Crippen LogP contribution in [0.2, 0.25) is 0 Å². The molecule has 0 aromatic heterocycles. The number of primary amides is 1. The predicted molar refractivity (Wildman–Crippen MR) is 239 cm³/mol. The van der Waals surface area contributed by atoms with Crippen LogP contribution in [0.4, 0.5) is 0 Å². The summed E-state index contributed by atoms with van der Waals surface area (Å²) in [6, 6.07) is 23.5. The van der Waals surface area contributed by atoms with Crippen LogP contribution in [0.3, 0.4) is 0 Å². The van der Waals surface area contributed by atoms with Gasteiger partial charge in [-0.1, -0.05) is 91.0 Å². The summed E-state index contributed by atoms with van der Waals surface area (Å²) in [5, 5.41) is 19.5. The van der Waals surface area contributed by atoms with E-state index in [1.807, 2.05) is 91.0 Å². The topological polar surface area (TPSA) is 247 Å². The molecule has 0 radical (unpaired) electrons. The Balaban J connectivity index is 1.57. The fraction of sp³-hybridized carbons (Fsp3) is 0.447. The van der Waals surface area contributed by atoms with Gasteiger partial charge in [-0.2, -0.15) is 0 Å². The molecule has 7 atom stereocenters. The highest BCUT2D eigenvalue weighted by molar-refractivity contribution is 5.89. The number of hydrogen-bond acceptors (Lipinski definition) is 8. The van der Waals surface area contributed by atoms with Crippen molar-refractivity contribution in [1.82, 2.24) is 37.2 Å². The van der Waals surface area contributed by atoms with Gasteiger partial charge in [-0.05, 0) is 82.9 Å². The molecule has 8 amide bonds. The smallest absolute Gasteiger partial charge is 0.242 e. The second kappa shape index (κ2) is 26.7. The first-order valence-electron chi connectivity index (χ1n) is 21.5.